The highest BCUT2D eigenvalue weighted by Gasteiger charge is 2.14. The molecule has 0 aliphatic rings. The predicted molar refractivity (Wildman–Crippen MR) is 50.5 cm³/mol. The summed E-state index contributed by atoms with van der Waals surface area (Å²) in [6, 6.07) is 9.23. The van der Waals surface area contributed by atoms with Crippen molar-refractivity contribution in [3.05, 3.63) is 42.1 Å². The predicted octanol–water partition coefficient (Wildman–Crippen LogP) is 1.44. The molecule has 0 saturated carbocycles. The molecular formula is C10H8N2O2. The third kappa shape index (κ3) is 1.37. The molecule has 1 amide bonds. The monoisotopic (exact) mass is 188 g/mol. The first-order chi connectivity index (χ1) is 6.79. The fourth-order valence-electron chi connectivity index (χ4n) is 1.21. The molecule has 0 atom stereocenters. The van der Waals surface area contributed by atoms with Gasteiger partial charge in [-0.05, 0) is 0 Å². The third-order valence-corrected chi connectivity index (χ3v) is 1.87. The second-order valence-electron chi connectivity index (χ2n) is 2.80. The minimum Gasteiger partial charge on any atom is -0.365 e. The van der Waals surface area contributed by atoms with Crippen LogP contribution in [-0.4, -0.2) is 11.1 Å². The van der Waals surface area contributed by atoms with E-state index in [4.69, 9.17) is 10.3 Å². The molecule has 2 N–H and O–H groups in total. The van der Waals surface area contributed by atoms with Crippen LogP contribution in [0.25, 0.3) is 11.3 Å². The van der Waals surface area contributed by atoms with E-state index in [-0.39, 0.29) is 0 Å². The Bertz CT molecular complexity index is 448. The van der Waals surface area contributed by atoms with Crippen molar-refractivity contribution in [2.75, 3.05) is 0 Å². The topological polar surface area (TPSA) is 69.1 Å². The van der Waals surface area contributed by atoms with Gasteiger partial charge in [0.05, 0.1) is 6.20 Å². The van der Waals surface area contributed by atoms with Crippen molar-refractivity contribution in [3.63, 3.8) is 0 Å². The van der Waals surface area contributed by atoms with Gasteiger partial charge in [-0.25, -0.2) is 0 Å². The molecule has 0 bridgehead atoms. The standard InChI is InChI=1S/C10H8N2O2/c11-10(13)8-6-12-14-9(8)7-4-2-1-3-5-7/h1-6H,(H2,11,13). The minimum absolute atomic E-state index is 0.302. The second-order valence-corrected chi connectivity index (χ2v) is 2.80. The fourth-order valence-corrected chi connectivity index (χ4v) is 1.21. The normalized spacial score (nSPS) is 10.0. The molecule has 14 heavy (non-hydrogen) atoms. The van der Waals surface area contributed by atoms with Gasteiger partial charge in [-0.1, -0.05) is 35.5 Å². The highest BCUT2D eigenvalue weighted by atomic mass is 16.5. The molecule has 0 radical (unpaired) electrons. The number of hydrogen-bond donors (Lipinski definition) is 1. The molecule has 0 aliphatic carbocycles. The Kier molecular flexibility index (Phi) is 2.02. The first kappa shape index (κ1) is 8.50. The minimum atomic E-state index is -0.537. The molecule has 0 saturated heterocycles. The molecule has 0 spiro atoms. The van der Waals surface area contributed by atoms with E-state index in [2.05, 4.69) is 5.16 Å². The molecule has 0 fully saturated rings. The van der Waals surface area contributed by atoms with Crippen LogP contribution < -0.4 is 5.73 Å². The van der Waals surface area contributed by atoms with E-state index in [1.807, 2.05) is 30.3 Å². The lowest BCUT2D eigenvalue weighted by atomic mass is 10.1. The first-order valence-corrected chi connectivity index (χ1v) is 4.09. The molecule has 0 unspecified atom stereocenters. The molecular weight excluding hydrogens is 180 g/mol. The van der Waals surface area contributed by atoms with E-state index in [9.17, 15) is 4.79 Å². The maximum atomic E-state index is 11.0. The highest BCUT2D eigenvalue weighted by Crippen LogP contribution is 2.22. The smallest absolute Gasteiger partial charge is 0.254 e. The lowest BCUT2D eigenvalue weighted by Gasteiger charge is -1.96. The zero-order valence-corrected chi connectivity index (χ0v) is 7.31. The van der Waals surface area contributed by atoms with Crippen LogP contribution >= 0.6 is 0 Å². The number of hydrogen-bond acceptors (Lipinski definition) is 3. The quantitative estimate of drug-likeness (QED) is 0.775. The summed E-state index contributed by atoms with van der Waals surface area (Å²) >= 11 is 0. The molecule has 2 aromatic rings. The van der Waals surface area contributed by atoms with Gasteiger partial charge in [0.2, 0.25) is 0 Å². The van der Waals surface area contributed by atoms with E-state index in [1.54, 1.807) is 0 Å². The van der Waals surface area contributed by atoms with Crippen LogP contribution in [0.1, 0.15) is 10.4 Å². The van der Waals surface area contributed by atoms with E-state index >= 15 is 0 Å². The molecule has 1 aromatic carbocycles. The number of amides is 1. The zero-order valence-electron chi connectivity index (χ0n) is 7.31. The SMILES string of the molecule is NC(=O)c1cnoc1-c1ccccc1. The van der Waals surface area contributed by atoms with Gasteiger partial charge < -0.3 is 10.3 Å². The number of rotatable bonds is 2. The molecule has 2 rings (SSSR count). The first-order valence-electron chi connectivity index (χ1n) is 4.09. The van der Waals surface area contributed by atoms with Crippen LogP contribution in [0.15, 0.2) is 41.1 Å². The molecule has 4 heteroatoms. The van der Waals surface area contributed by atoms with Gasteiger partial charge in [-0.2, -0.15) is 0 Å². The van der Waals surface area contributed by atoms with Crippen molar-refractivity contribution in [1.82, 2.24) is 5.16 Å². The second kappa shape index (κ2) is 3.33. The summed E-state index contributed by atoms with van der Waals surface area (Å²) in [5.41, 5.74) is 6.25. The van der Waals surface area contributed by atoms with Gasteiger partial charge in [0.1, 0.15) is 5.56 Å². The van der Waals surface area contributed by atoms with Gasteiger partial charge in [0.25, 0.3) is 5.91 Å². The largest absolute Gasteiger partial charge is 0.365 e. The van der Waals surface area contributed by atoms with Gasteiger partial charge in [0.15, 0.2) is 5.76 Å². The summed E-state index contributed by atoms with van der Waals surface area (Å²) in [5.74, 6) is -0.122. The van der Waals surface area contributed by atoms with Crippen molar-refractivity contribution in [2.45, 2.75) is 0 Å². The number of carbonyl (C=O) groups is 1. The van der Waals surface area contributed by atoms with Gasteiger partial charge in [-0.3, -0.25) is 4.79 Å². The van der Waals surface area contributed by atoms with E-state index in [1.165, 1.54) is 6.20 Å². The zero-order chi connectivity index (χ0) is 9.97. The van der Waals surface area contributed by atoms with Crippen molar-refractivity contribution < 1.29 is 9.32 Å². The Morgan fingerprint density at radius 3 is 2.64 bits per heavy atom. The summed E-state index contributed by atoms with van der Waals surface area (Å²) in [4.78, 5) is 11.0. The van der Waals surface area contributed by atoms with E-state index < -0.39 is 5.91 Å². The Morgan fingerprint density at radius 2 is 2.00 bits per heavy atom. The molecule has 70 valence electrons. The van der Waals surface area contributed by atoms with Crippen molar-refractivity contribution in [2.24, 2.45) is 5.73 Å². The Hall–Kier alpha value is -2.10. The van der Waals surface area contributed by atoms with Crippen molar-refractivity contribution in [1.29, 1.82) is 0 Å². The van der Waals surface area contributed by atoms with Crippen LogP contribution in [0.4, 0.5) is 0 Å². The molecule has 1 heterocycles. The maximum absolute atomic E-state index is 11.0. The summed E-state index contributed by atoms with van der Waals surface area (Å²) in [6.45, 7) is 0. The van der Waals surface area contributed by atoms with Gasteiger partial charge in [-0.15, -0.1) is 0 Å². The maximum Gasteiger partial charge on any atom is 0.254 e. The summed E-state index contributed by atoms with van der Waals surface area (Å²) < 4.78 is 4.96. The van der Waals surface area contributed by atoms with Gasteiger partial charge in [0, 0.05) is 5.56 Å². The third-order valence-electron chi connectivity index (χ3n) is 1.87. The Balaban J connectivity index is 2.52. The van der Waals surface area contributed by atoms with Crippen molar-refractivity contribution in [3.8, 4) is 11.3 Å². The van der Waals surface area contributed by atoms with Crippen LogP contribution in [0.5, 0.6) is 0 Å². The van der Waals surface area contributed by atoms with Gasteiger partial charge >= 0.3 is 0 Å². The average molecular weight is 188 g/mol. The van der Waals surface area contributed by atoms with Crippen molar-refractivity contribution >= 4 is 5.91 Å². The number of nitrogens with zero attached hydrogens (tertiary/aromatic N) is 1. The molecule has 1 aromatic heterocycles. The Labute approximate surface area is 80.3 Å². The number of aromatic nitrogens is 1. The lowest BCUT2D eigenvalue weighted by Crippen LogP contribution is -2.10. The number of carbonyl (C=O) groups excluding carboxylic acids is 1. The fraction of sp³-hybridized carbons (Fsp3) is 0. The summed E-state index contributed by atoms with van der Waals surface area (Å²) in [7, 11) is 0. The number of benzene rings is 1. The summed E-state index contributed by atoms with van der Waals surface area (Å²) in [6.07, 6.45) is 1.32. The van der Waals surface area contributed by atoms with Crippen LogP contribution in [0.2, 0.25) is 0 Å². The lowest BCUT2D eigenvalue weighted by molar-refractivity contribution is 0.100. The van der Waals surface area contributed by atoms with Crippen LogP contribution in [-0.2, 0) is 0 Å². The van der Waals surface area contributed by atoms with E-state index in [0.29, 0.717) is 11.3 Å². The molecule has 4 nitrogen and oxygen atoms in total. The number of nitrogens with two attached hydrogens (primary N) is 1. The molecule has 0 aliphatic heterocycles. The highest BCUT2D eigenvalue weighted by molar-refractivity contribution is 5.98. The van der Waals surface area contributed by atoms with Crippen LogP contribution in [0.3, 0.4) is 0 Å². The van der Waals surface area contributed by atoms with E-state index in [0.717, 1.165) is 5.56 Å². The summed E-state index contributed by atoms with van der Waals surface area (Å²) in [5, 5.41) is 3.54. The number of primary amides is 1. The Morgan fingerprint density at radius 1 is 1.29 bits per heavy atom. The average Bonchev–Trinajstić information content (AvgIpc) is 2.67. The van der Waals surface area contributed by atoms with Crippen LogP contribution in [0, 0.1) is 0 Å².